The molecule has 14 heteroatoms. The van der Waals surface area contributed by atoms with Crippen LogP contribution >= 0.6 is 0 Å². The van der Waals surface area contributed by atoms with Crippen molar-refractivity contribution in [2.24, 2.45) is 0 Å². The number of sulfone groups is 1. The number of nitrogens with one attached hydrogen (secondary N) is 2. The molecule has 3 amide bonds. The van der Waals surface area contributed by atoms with Crippen molar-refractivity contribution in [2.45, 2.75) is 115 Å². The molecule has 1 aliphatic heterocycles. The average Bonchev–Trinajstić information content (AvgIpc) is 3.12. The fourth-order valence-electron chi connectivity index (χ4n) is 4.60. The second kappa shape index (κ2) is 13.2. The van der Waals surface area contributed by atoms with Gasteiger partial charge in [-0.3, -0.25) is 25.3 Å². The second-order valence-electron chi connectivity index (χ2n) is 12.0. The van der Waals surface area contributed by atoms with Crippen molar-refractivity contribution in [3.8, 4) is 0 Å². The molecule has 0 radical (unpaired) electrons. The van der Waals surface area contributed by atoms with Gasteiger partial charge in [0, 0.05) is 5.56 Å². The first-order chi connectivity index (χ1) is 19.2. The fraction of sp³-hybridized carbons (Fsp3) is 0.679. The summed E-state index contributed by atoms with van der Waals surface area (Å²) in [7, 11) is -4.28. The predicted octanol–water partition coefficient (Wildman–Crippen LogP) is 5.36. The number of alkyl halides is 3. The van der Waals surface area contributed by atoms with Crippen LogP contribution in [0.2, 0.25) is 0 Å². The highest BCUT2D eigenvalue weighted by Crippen LogP contribution is 2.37. The summed E-state index contributed by atoms with van der Waals surface area (Å²) in [5, 5.41) is 0. The van der Waals surface area contributed by atoms with Crippen LogP contribution in [0.15, 0.2) is 23.1 Å². The number of ether oxygens (including phenoxy) is 2. The number of nitrogens with zero attached hydrogens (tertiary/aromatic N) is 1. The summed E-state index contributed by atoms with van der Waals surface area (Å²) in [6.45, 7) is 11.2. The molecule has 0 saturated carbocycles. The molecule has 0 spiro atoms. The molecule has 1 aromatic rings. The zero-order valence-corrected chi connectivity index (χ0v) is 26.1. The van der Waals surface area contributed by atoms with Gasteiger partial charge in [-0.15, -0.1) is 0 Å². The van der Waals surface area contributed by atoms with E-state index in [1.807, 2.05) is 12.3 Å². The largest absolute Gasteiger partial charge is 0.444 e. The summed E-state index contributed by atoms with van der Waals surface area (Å²) in [6.07, 6.45) is -1.38. The van der Waals surface area contributed by atoms with Crippen LogP contribution < -0.4 is 10.9 Å². The van der Waals surface area contributed by atoms with Gasteiger partial charge in [0.2, 0.25) is 0 Å². The molecule has 1 heterocycles. The molecule has 0 aliphatic carbocycles. The lowest BCUT2D eigenvalue weighted by atomic mass is 10.0. The molecule has 0 aromatic heterocycles. The summed E-state index contributed by atoms with van der Waals surface area (Å²) in [6, 6.07) is 2.14. The SMILES string of the molecule is CCCCCCCCS(=O)(=O)c1ccc(C(=O)NNC(=O)[C@@]2(C)COC(C)(C)N2C(=O)OC(C)(C)C)cc1C(F)(F)F. The van der Waals surface area contributed by atoms with Crippen molar-refractivity contribution in [1.82, 2.24) is 15.8 Å². The Labute approximate surface area is 245 Å². The van der Waals surface area contributed by atoms with E-state index in [1.54, 1.807) is 34.6 Å². The van der Waals surface area contributed by atoms with E-state index in [1.165, 1.54) is 6.92 Å². The molecule has 1 atom stereocenters. The molecule has 1 aromatic carbocycles. The lowest BCUT2D eigenvalue weighted by molar-refractivity contribution is -0.140. The Balaban J connectivity index is 2.21. The number of hydrogen-bond donors (Lipinski definition) is 2. The normalized spacial score (nSPS) is 19.0. The summed E-state index contributed by atoms with van der Waals surface area (Å²) in [5.41, 5.74) is -1.61. The molecule has 1 saturated heterocycles. The smallest absolute Gasteiger partial charge is 0.417 e. The molecule has 10 nitrogen and oxygen atoms in total. The van der Waals surface area contributed by atoms with Crippen LogP contribution in [0.5, 0.6) is 0 Å². The highest BCUT2D eigenvalue weighted by molar-refractivity contribution is 7.91. The zero-order valence-electron chi connectivity index (χ0n) is 25.2. The first-order valence-electron chi connectivity index (χ1n) is 13.9. The standard InChI is InChI=1S/C28H42F3N3O7S/c1-8-9-10-11-12-13-16-42(38,39)21-15-14-19(17-20(21)28(29,30)31)22(35)32-33-23(36)27(7)18-40-26(5,6)34(27)24(37)41-25(2,3)4/h14-15,17H,8-13,16,18H2,1-7H3,(H,32,35)(H,33,36)/t27-/m1/s1. The van der Waals surface area contributed by atoms with Crippen LogP contribution in [0.25, 0.3) is 0 Å². The summed E-state index contributed by atoms with van der Waals surface area (Å²) in [5.74, 6) is -2.46. The van der Waals surface area contributed by atoms with Crippen LogP contribution in [-0.4, -0.2) is 60.5 Å². The van der Waals surface area contributed by atoms with E-state index in [0.29, 0.717) is 12.5 Å². The lowest BCUT2D eigenvalue weighted by Gasteiger charge is -2.39. The van der Waals surface area contributed by atoms with Crippen molar-refractivity contribution in [3.63, 3.8) is 0 Å². The minimum atomic E-state index is -5.06. The van der Waals surface area contributed by atoms with Crippen LogP contribution in [0.1, 0.15) is 103 Å². The Morgan fingerprint density at radius 2 is 1.60 bits per heavy atom. The number of amides is 3. The highest BCUT2D eigenvalue weighted by Gasteiger charge is 2.57. The number of hydrogen-bond acceptors (Lipinski definition) is 7. The molecule has 1 fully saturated rings. The van der Waals surface area contributed by atoms with Gasteiger partial charge >= 0.3 is 12.3 Å². The van der Waals surface area contributed by atoms with E-state index in [4.69, 9.17) is 9.47 Å². The quantitative estimate of drug-likeness (QED) is 0.266. The molecule has 2 N–H and O–H groups in total. The van der Waals surface area contributed by atoms with Crippen LogP contribution in [0, 0.1) is 0 Å². The monoisotopic (exact) mass is 621 g/mol. The first-order valence-corrected chi connectivity index (χ1v) is 15.5. The first kappa shape index (κ1) is 35.3. The Bertz CT molecular complexity index is 1260. The zero-order chi connectivity index (χ0) is 32.1. The number of hydrazine groups is 1. The molecule has 238 valence electrons. The van der Waals surface area contributed by atoms with E-state index in [9.17, 15) is 36.0 Å². The van der Waals surface area contributed by atoms with Crippen molar-refractivity contribution in [1.29, 1.82) is 0 Å². The van der Waals surface area contributed by atoms with Gasteiger partial charge in [-0.2, -0.15) is 13.2 Å². The third kappa shape index (κ3) is 8.82. The molecule has 0 bridgehead atoms. The van der Waals surface area contributed by atoms with Crippen molar-refractivity contribution >= 4 is 27.7 Å². The van der Waals surface area contributed by atoms with Gasteiger partial charge in [0.05, 0.1) is 22.8 Å². The molecule has 0 unspecified atom stereocenters. The molecular formula is C28H42F3N3O7S. The fourth-order valence-corrected chi connectivity index (χ4v) is 6.19. The van der Waals surface area contributed by atoms with E-state index in [0.717, 1.165) is 42.7 Å². The summed E-state index contributed by atoms with van der Waals surface area (Å²) in [4.78, 5) is 39.0. The van der Waals surface area contributed by atoms with Gasteiger partial charge in [-0.25, -0.2) is 13.2 Å². The third-order valence-electron chi connectivity index (χ3n) is 6.74. The average molecular weight is 622 g/mol. The van der Waals surface area contributed by atoms with E-state index >= 15 is 0 Å². The van der Waals surface area contributed by atoms with Crippen molar-refractivity contribution in [2.75, 3.05) is 12.4 Å². The third-order valence-corrected chi connectivity index (χ3v) is 8.59. The number of carbonyl (C=O) groups excluding carboxylic acids is 3. The van der Waals surface area contributed by atoms with Gasteiger partial charge in [0.25, 0.3) is 11.8 Å². The number of rotatable bonds is 10. The summed E-state index contributed by atoms with van der Waals surface area (Å²) < 4.78 is 78.3. The van der Waals surface area contributed by atoms with Gasteiger partial charge in [-0.1, -0.05) is 39.0 Å². The van der Waals surface area contributed by atoms with Crippen LogP contribution in [-0.2, 0) is 30.3 Å². The van der Waals surface area contributed by atoms with E-state index in [-0.39, 0.29) is 13.0 Å². The van der Waals surface area contributed by atoms with Crippen LogP contribution in [0.4, 0.5) is 18.0 Å². The van der Waals surface area contributed by atoms with Crippen molar-refractivity contribution in [3.05, 3.63) is 29.3 Å². The Kier molecular flexibility index (Phi) is 11.1. The van der Waals surface area contributed by atoms with E-state index in [2.05, 4.69) is 5.43 Å². The topological polar surface area (TPSA) is 131 Å². The Morgan fingerprint density at radius 3 is 2.17 bits per heavy atom. The van der Waals surface area contributed by atoms with Gasteiger partial charge < -0.3 is 9.47 Å². The maximum Gasteiger partial charge on any atom is 0.417 e. The minimum absolute atomic E-state index is 0.219. The van der Waals surface area contributed by atoms with Gasteiger partial charge in [0.1, 0.15) is 16.9 Å². The Hall–Kier alpha value is -2.87. The molecular weight excluding hydrogens is 579 g/mol. The maximum atomic E-state index is 13.9. The number of unbranched alkanes of at least 4 members (excludes halogenated alkanes) is 5. The minimum Gasteiger partial charge on any atom is -0.444 e. The van der Waals surface area contributed by atoms with Crippen molar-refractivity contribution < 1.29 is 45.4 Å². The van der Waals surface area contributed by atoms with Gasteiger partial charge in [0.15, 0.2) is 9.84 Å². The number of carbonyl (C=O) groups is 3. The lowest BCUT2D eigenvalue weighted by Crippen LogP contribution is -2.63. The van der Waals surface area contributed by atoms with Crippen LogP contribution in [0.3, 0.4) is 0 Å². The molecule has 42 heavy (non-hydrogen) atoms. The van der Waals surface area contributed by atoms with Gasteiger partial charge in [-0.05, 0) is 66.2 Å². The molecule has 1 aliphatic rings. The Morgan fingerprint density at radius 1 is 1.00 bits per heavy atom. The molecule has 2 rings (SSSR count). The number of benzene rings is 1. The predicted molar refractivity (Wildman–Crippen MR) is 149 cm³/mol. The summed E-state index contributed by atoms with van der Waals surface area (Å²) >= 11 is 0. The number of halogens is 3. The second-order valence-corrected chi connectivity index (χ2v) is 14.1. The maximum absolute atomic E-state index is 13.9. The van der Waals surface area contributed by atoms with E-state index < -0.39 is 72.6 Å². The highest BCUT2D eigenvalue weighted by atomic mass is 32.2.